The van der Waals surface area contributed by atoms with Crippen molar-refractivity contribution < 1.29 is 24.2 Å². The lowest BCUT2D eigenvalue weighted by atomic mass is 10.1. The quantitative estimate of drug-likeness (QED) is 0.200. The van der Waals surface area contributed by atoms with Gasteiger partial charge in [-0.05, 0) is 42.0 Å². The Morgan fingerprint density at radius 1 is 0.949 bits per heavy atom. The highest BCUT2D eigenvalue weighted by Crippen LogP contribution is 2.30. The molecule has 0 aliphatic heterocycles. The molecule has 0 aliphatic rings. The van der Waals surface area contributed by atoms with Gasteiger partial charge in [-0.1, -0.05) is 53.5 Å². The number of urea groups is 1. The minimum absolute atomic E-state index is 0.0181. The third-order valence-corrected chi connectivity index (χ3v) is 6.47. The first-order chi connectivity index (χ1) is 18.8. The monoisotopic (exact) mass is 571 g/mol. The summed E-state index contributed by atoms with van der Waals surface area (Å²) in [5.41, 5.74) is 2.02. The van der Waals surface area contributed by atoms with Crippen LogP contribution in [0.5, 0.6) is 0 Å². The maximum atomic E-state index is 14.5. The Labute approximate surface area is 233 Å². The second-order valence-electron chi connectivity index (χ2n) is 8.46. The van der Waals surface area contributed by atoms with Crippen molar-refractivity contribution in [2.24, 2.45) is 0 Å². The molecule has 202 valence electrons. The molecule has 0 saturated heterocycles. The summed E-state index contributed by atoms with van der Waals surface area (Å²) in [6.07, 6.45) is 0.0181. The lowest BCUT2D eigenvalue weighted by Crippen LogP contribution is -2.40. The molecule has 0 saturated carbocycles. The number of halogens is 3. The number of aromatic nitrogens is 2. The van der Waals surface area contributed by atoms with Crippen LogP contribution in [-0.2, 0) is 11.2 Å². The van der Waals surface area contributed by atoms with Crippen molar-refractivity contribution >= 4 is 46.6 Å². The van der Waals surface area contributed by atoms with Gasteiger partial charge in [0, 0.05) is 11.6 Å². The van der Waals surface area contributed by atoms with Gasteiger partial charge >= 0.3 is 6.03 Å². The van der Waals surface area contributed by atoms with Crippen molar-refractivity contribution in [2.75, 3.05) is 23.8 Å². The highest BCUT2D eigenvalue weighted by Gasteiger charge is 2.17. The molecule has 4 rings (SSSR count). The summed E-state index contributed by atoms with van der Waals surface area (Å²) < 4.78 is 16.0. The summed E-state index contributed by atoms with van der Waals surface area (Å²) in [6, 6.07) is 17.9. The molecule has 0 aliphatic carbocycles. The summed E-state index contributed by atoms with van der Waals surface area (Å²) in [5, 5.41) is 31.1. The minimum atomic E-state index is -0.737. The van der Waals surface area contributed by atoms with E-state index in [4.69, 9.17) is 33.4 Å². The maximum Gasteiger partial charge on any atom is 0.324 e. The van der Waals surface area contributed by atoms with E-state index in [1.54, 1.807) is 60.7 Å². The van der Waals surface area contributed by atoms with Crippen LogP contribution in [0.3, 0.4) is 0 Å². The van der Waals surface area contributed by atoms with Crippen molar-refractivity contribution in [1.29, 1.82) is 0 Å². The number of nitrogens with one attached hydrogen (secondary N) is 3. The van der Waals surface area contributed by atoms with E-state index in [0.29, 0.717) is 16.9 Å². The number of benzene rings is 3. The smallest absolute Gasteiger partial charge is 0.324 e. The highest BCUT2D eigenvalue weighted by atomic mass is 35.5. The Hall–Kier alpha value is -3.96. The predicted molar refractivity (Wildman–Crippen MR) is 148 cm³/mol. The van der Waals surface area contributed by atoms with Gasteiger partial charge < -0.3 is 20.8 Å². The molecule has 0 atom stereocenters. The van der Waals surface area contributed by atoms with Crippen LogP contribution in [0, 0.1) is 5.82 Å². The van der Waals surface area contributed by atoms with Crippen molar-refractivity contribution in [1.82, 2.24) is 15.1 Å². The summed E-state index contributed by atoms with van der Waals surface area (Å²) in [7, 11) is 0. The van der Waals surface area contributed by atoms with Crippen LogP contribution in [0.2, 0.25) is 10.0 Å². The van der Waals surface area contributed by atoms with Crippen molar-refractivity contribution in [2.45, 2.75) is 12.5 Å². The number of hydrogen-bond donors (Lipinski definition) is 5. The first kappa shape index (κ1) is 28.1. The summed E-state index contributed by atoms with van der Waals surface area (Å²) in [4.78, 5) is 25.0. The average Bonchev–Trinajstić information content (AvgIpc) is 3.33. The number of aliphatic hydroxyl groups is 2. The minimum Gasteiger partial charge on any atom is -0.394 e. The summed E-state index contributed by atoms with van der Waals surface area (Å²) in [5.74, 6) is -0.604. The van der Waals surface area contributed by atoms with Gasteiger partial charge in [0.15, 0.2) is 0 Å². The SMILES string of the molecule is O=C(Cc1ccc(-n2nc(-c3ccccc3F)cc2NC(=O)Nc2cccc(Cl)c2Cl)cc1)NC(CO)CO. The van der Waals surface area contributed by atoms with E-state index in [1.807, 2.05) is 0 Å². The number of aliphatic hydroxyl groups excluding tert-OH is 2. The summed E-state index contributed by atoms with van der Waals surface area (Å²) >= 11 is 12.2. The van der Waals surface area contributed by atoms with Gasteiger partial charge in [-0.2, -0.15) is 5.10 Å². The van der Waals surface area contributed by atoms with E-state index >= 15 is 0 Å². The highest BCUT2D eigenvalue weighted by molar-refractivity contribution is 6.44. The zero-order valence-electron chi connectivity index (χ0n) is 20.4. The van der Waals surface area contributed by atoms with Crippen LogP contribution in [0.1, 0.15) is 5.56 Å². The second-order valence-corrected chi connectivity index (χ2v) is 9.24. The molecule has 3 aromatic carbocycles. The third-order valence-electron chi connectivity index (χ3n) is 5.65. The van der Waals surface area contributed by atoms with Crippen molar-refractivity contribution in [3.8, 4) is 16.9 Å². The molecular formula is C27H24Cl2FN5O4. The van der Waals surface area contributed by atoms with E-state index in [9.17, 15) is 14.0 Å². The molecule has 3 amide bonds. The fraction of sp³-hybridized carbons (Fsp3) is 0.148. The Morgan fingerprint density at radius 2 is 1.67 bits per heavy atom. The van der Waals surface area contributed by atoms with Crippen LogP contribution in [0.15, 0.2) is 72.8 Å². The molecule has 0 unspecified atom stereocenters. The van der Waals surface area contributed by atoms with Gasteiger partial charge in [0.25, 0.3) is 0 Å². The van der Waals surface area contributed by atoms with Gasteiger partial charge in [0.1, 0.15) is 11.6 Å². The molecule has 9 nitrogen and oxygen atoms in total. The van der Waals surface area contributed by atoms with Gasteiger partial charge in [0.2, 0.25) is 5.91 Å². The fourth-order valence-corrected chi connectivity index (χ4v) is 4.05. The zero-order chi connectivity index (χ0) is 27.9. The Balaban J connectivity index is 1.60. The van der Waals surface area contributed by atoms with E-state index in [-0.39, 0.29) is 52.7 Å². The second kappa shape index (κ2) is 12.7. The Morgan fingerprint density at radius 3 is 2.36 bits per heavy atom. The van der Waals surface area contributed by atoms with Gasteiger partial charge in [-0.15, -0.1) is 0 Å². The van der Waals surface area contributed by atoms with Crippen LogP contribution in [0.4, 0.5) is 20.7 Å². The molecule has 1 aromatic heterocycles. The molecular weight excluding hydrogens is 548 g/mol. The number of anilines is 2. The Kier molecular flexibility index (Phi) is 9.15. The molecule has 12 heteroatoms. The molecule has 0 bridgehead atoms. The average molecular weight is 572 g/mol. The van der Waals surface area contributed by atoms with Gasteiger partial charge in [-0.3, -0.25) is 10.1 Å². The number of rotatable bonds is 9. The number of carbonyl (C=O) groups is 2. The lowest BCUT2D eigenvalue weighted by molar-refractivity contribution is -0.121. The molecule has 1 heterocycles. The van der Waals surface area contributed by atoms with Crippen LogP contribution in [0.25, 0.3) is 16.9 Å². The van der Waals surface area contributed by atoms with Crippen molar-refractivity contribution in [3.63, 3.8) is 0 Å². The fourth-order valence-electron chi connectivity index (χ4n) is 3.71. The molecule has 0 spiro atoms. The number of carbonyl (C=O) groups excluding carboxylic acids is 2. The van der Waals surface area contributed by atoms with E-state index in [1.165, 1.54) is 16.8 Å². The molecule has 4 aromatic rings. The Bertz CT molecular complexity index is 1480. The zero-order valence-corrected chi connectivity index (χ0v) is 21.9. The first-order valence-corrected chi connectivity index (χ1v) is 12.5. The largest absolute Gasteiger partial charge is 0.394 e. The third kappa shape index (κ3) is 6.92. The lowest BCUT2D eigenvalue weighted by Gasteiger charge is -2.14. The maximum absolute atomic E-state index is 14.5. The summed E-state index contributed by atoms with van der Waals surface area (Å²) in [6.45, 7) is -0.755. The molecule has 39 heavy (non-hydrogen) atoms. The first-order valence-electron chi connectivity index (χ1n) is 11.8. The molecule has 0 fully saturated rings. The van der Waals surface area contributed by atoms with Crippen LogP contribution < -0.4 is 16.0 Å². The van der Waals surface area contributed by atoms with Crippen LogP contribution in [-0.4, -0.2) is 51.2 Å². The number of hydrogen-bond acceptors (Lipinski definition) is 5. The van der Waals surface area contributed by atoms with Gasteiger partial charge in [0.05, 0.1) is 52.8 Å². The normalized spacial score (nSPS) is 10.9. The standard InChI is InChI=1S/C27H24Cl2FN5O4/c28-20-5-3-7-22(26(20)29)32-27(39)33-24-13-23(19-4-1-2-6-21(19)30)34-35(24)18-10-8-16(9-11-18)12-25(38)31-17(14-36)15-37/h1-11,13,17,36-37H,12,14-15H2,(H,31,38)(H2,32,33,39). The van der Waals surface area contributed by atoms with Crippen molar-refractivity contribution in [3.05, 3.63) is 94.2 Å². The predicted octanol–water partition coefficient (Wildman–Crippen LogP) is 4.64. The van der Waals surface area contributed by atoms with E-state index < -0.39 is 17.9 Å². The van der Waals surface area contributed by atoms with Crippen LogP contribution >= 0.6 is 23.2 Å². The van der Waals surface area contributed by atoms with Gasteiger partial charge in [-0.25, -0.2) is 13.9 Å². The van der Waals surface area contributed by atoms with E-state index in [2.05, 4.69) is 21.0 Å². The molecule has 0 radical (unpaired) electrons. The number of amides is 3. The number of nitrogens with zero attached hydrogens (tertiary/aromatic N) is 2. The topological polar surface area (TPSA) is 129 Å². The van der Waals surface area contributed by atoms with E-state index in [0.717, 1.165) is 0 Å². The molecule has 5 N–H and O–H groups in total.